The smallest absolute Gasteiger partial charge is 0.169 e. The first-order valence-electron chi connectivity index (χ1n) is 9.07. The van der Waals surface area contributed by atoms with Gasteiger partial charge in [0.05, 0.1) is 0 Å². The van der Waals surface area contributed by atoms with Crippen LogP contribution in [-0.4, -0.2) is 14.9 Å². The molecule has 0 radical (unpaired) electrons. The van der Waals surface area contributed by atoms with Crippen molar-refractivity contribution in [2.75, 3.05) is 0 Å². The Labute approximate surface area is 149 Å². The molecule has 0 saturated heterocycles. The first kappa shape index (κ1) is 16.2. The second kappa shape index (κ2) is 5.35. The van der Waals surface area contributed by atoms with Gasteiger partial charge in [0.25, 0.3) is 0 Å². The zero-order chi connectivity index (χ0) is 17.8. The largest absolute Gasteiger partial charge is 0.352 e. The van der Waals surface area contributed by atoms with Crippen LogP contribution in [0.5, 0.6) is 0 Å². The van der Waals surface area contributed by atoms with Crippen molar-refractivity contribution in [1.29, 1.82) is 0 Å². The standard InChI is InChI=1S/C22H26N2O/c1-21(2)20(22(21,3)4)19(25)17-15-24(14-13-23-11-7-8-12-23)18-10-6-5-9-16(17)18/h5-12,15,20H,13-14H2,1-4H3. The lowest BCUT2D eigenvalue weighted by molar-refractivity contribution is 0.0946. The minimum absolute atomic E-state index is 0.0679. The second-order valence-corrected chi connectivity index (χ2v) is 8.41. The number of aryl methyl sites for hydroxylation is 2. The molecule has 1 aliphatic rings. The molecule has 0 unspecified atom stereocenters. The summed E-state index contributed by atoms with van der Waals surface area (Å²) in [7, 11) is 0. The normalized spacial score (nSPS) is 18.6. The predicted octanol–water partition coefficient (Wildman–Crippen LogP) is 5.01. The molecular formula is C22H26N2O. The molecule has 0 N–H and O–H groups in total. The lowest BCUT2D eigenvalue weighted by atomic mass is 10.0. The van der Waals surface area contributed by atoms with Crippen molar-refractivity contribution in [1.82, 2.24) is 9.13 Å². The summed E-state index contributed by atoms with van der Waals surface area (Å²) in [4.78, 5) is 13.3. The summed E-state index contributed by atoms with van der Waals surface area (Å²) in [6, 6.07) is 12.4. The van der Waals surface area contributed by atoms with Crippen molar-refractivity contribution in [3.8, 4) is 0 Å². The number of ketones is 1. The van der Waals surface area contributed by atoms with Crippen molar-refractivity contribution in [2.45, 2.75) is 40.8 Å². The lowest BCUT2D eigenvalue weighted by Gasteiger charge is -2.06. The highest BCUT2D eigenvalue weighted by atomic mass is 16.1. The van der Waals surface area contributed by atoms with E-state index in [4.69, 9.17) is 0 Å². The number of rotatable bonds is 5. The van der Waals surface area contributed by atoms with E-state index in [1.165, 1.54) is 0 Å². The van der Waals surface area contributed by atoms with Crippen LogP contribution in [0, 0.1) is 16.7 Å². The number of aromatic nitrogens is 2. The van der Waals surface area contributed by atoms with Gasteiger partial charge in [-0.2, -0.15) is 0 Å². The number of hydrogen-bond donors (Lipinski definition) is 0. The summed E-state index contributed by atoms with van der Waals surface area (Å²) in [6.45, 7) is 10.6. The first-order valence-corrected chi connectivity index (χ1v) is 9.07. The molecule has 3 nitrogen and oxygen atoms in total. The van der Waals surface area contributed by atoms with E-state index in [0.29, 0.717) is 5.78 Å². The third-order valence-electron chi connectivity index (χ3n) is 6.60. The summed E-state index contributed by atoms with van der Waals surface area (Å²) < 4.78 is 4.40. The zero-order valence-electron chi connectivity index (χ0n) is 15.5. The Kier molecular flexibility index (Phi) is 3.47. The highest BCUT2D eigenvalue weighted by Gasteiger charge is 2.68. The summed E-state index contributed by atoms with van der Waals surface area (Å²) in [5.41, 5.74) is 2.16. The minimum Gasteiger partial charge on any atom is -0.352 e. The number of carbonyl (C=O) groups is 1. The van der Waals surface area contributed by atoms with E-state index in [1.807, 2.05) is 24.3 Å². The number of nitrogens with zero attached hydrogens (tertiary/aromatic N) is 2. The van der Waals surface area contributed by atoms with Gasteiger partial charge in [-0.25, -0.2) is 0 Å². The van der Waals surface area contributed by atoms with Gasteiger partial charge in [-0.1, -0.05) is 45.9 Å². The van der Waals surface area contributed by atoms with Gasteiger partial charge in [0.1, 0.15) is 0 Å². The van der Waals surface area contributed by atoms with Crippen molar-refractivity contribution >= 4 is 16.7 Å². The van der Waals surface area contributed by atoms with Gasteiger partial charge in [-0.15, -0.1) is 0 Å². The topological polar surface area (TPSA) is 26.9 Å². The van der Waals surface area contributed by atoms with Crippen LogP contribution in [0.15, 0.2) is 55.0 Å². The van der Waals surface area contributed by atoms with Crippen LogP contribution in [0.3, 0.4) is 0 Å². The molecule has 1 fully saturated rings. The van der Waals surface area contributed by atoms with Gasteiger partial charge in [-0.3, -0.25) is 4.79 Å². The molecule has 1 aromatic carbocycles. The maximum atomic E-state index is 13.3. The summed E-state index contributed by atoms with van der Waals surface area (Å²) in [6.07, 6.45) is 6.22. The van der Waals surface area contributed by atoms with E-state index in [-0.39, 0.29) is 16.7 Å². The second-order valence-electron chi connectivity index (χ2n) is 8.41. The van der Waals surface area contributed by atoms with Crippen molar-refractivity contribution in [3.05, 3.63) is 60.6 Å². The van der Waals surface area contributed by atoms with E-state index in [0.717, 1.165) is 29.6 Å². The molecule has 0 spiro atoms. The molecule has 3 aromatic rings. The van der Waals surface area contributed by atoms with Gasteiger partial charge < -0.3 is 9.13 Å². The number of carbonyl (C=O) groups excluding carboxylic acids is 1. The zero-order valence-corrected chi connectivity index (χ0v) is 15.5. The Bertz CT molecular complexity index is 914. The summed E-state index contributed by atoms with van der Waals surface area (Å²) >= 11 is 0. The highest BCUT2D eigenvalue weighted by Crippen LogP contribution is 2.69. The van der Waals surface area contributed by atoms with Crippen LogP contribution >= 0.6 is 0 Å². The lowest BCUT2D eigenvalue weighted by Crippen LogP contribution is -2.08. The van der Waals surface area contributed by atoms with Gasteiger partial charge in [0, 0.05) is 54.1 Å². The average molecular weight is 334 g/mol. The minimum atomic E-state index is 0.0679. The van der Waals surface area contributed by atoms with Crippen LogP contribution in [0.2, 0.25) is 0 Å². The van der Waals surface area contributed by atoms with Gasteiger partial charge in [0.2, 0.25) is 0 Å². The number of hydrogen-bond acceptors (Lipinski definition) is 1. The number of para-hydroxylation sites is 1. The molecular weight excluding hydrogens is 308 g/mol. The Morgan fingerprint density at radius 1 is 0.960 bits per heavy atom. The van der Waals surface area contributed by atoms with E-state index < -0.39 is 0 Å². The molecule has 1 saturated carbocycles. The number of Topliss-reactive ketones (excluding diaryl/α,β-unsaturated/α-hetero) is 1. The van der Waals surface area contributed by atoms with Crippen molar-refractivity contribution in [2.24, 2.45) is 16.7 Å². The molecule has 0 atom stereocenters. The molecule has 4 rings (SSSR count). The molecule has 3 heteroatoms. The summed E-state index contributed by atoms with van der Waals surface area (Å²) in [5.74, 6) is 0.398. The van der Waals surface area contributed by atoms with Crippen LogP contribution < -0.4 is 0 Å². The Morgan fingerprint density at radius 2 is 1.60 bits per heavy atom. The number of benzene rings is 1. The molecule has 1 aliphatic carbocycles. The van der Waals surface area contributed by atoms with Crippen molar-refractivity contribution < 1.29 is 4.79 Å². The first-order chi connectivity index (χ1) is 11.8. The van der Waals surface area contributed by atoms with Crippen LogP contribution in [-0.2, 0) is 13.1 Å². The molecule has 0 amide bonds. The molecule has 0 bridgehead atoms. The number of fused-ring (bicyclic) bond motifs is 1. The summed E-state index contributed by atoms with van der Waals surface area (Å²) in [5, 5.41) is 1.08. The van der Waals surface area contributed by atoms with Gasteiger partial charge >= 0.3 is 0 Å². The molecule has 0 aliphatic heterocycles. The van der Waals surface area contributed by atoms with E-state index >= 15 is 0 Å². The fourth-order valence-electron chi connectivity index (χ4n) is 4.38. The quantitative estimate of drug-likeness (QED) is 0.603. The monoisotopic (exact) mass is 334 g/mol. The fourth-order valence-corrected chi connectivity index (χ4v) is 4.38. The third kappa shape index (κ3) is 2.37. The molecule has 2 aromatic heterocycles. The highest BCUT2D eigenvalue weighted by molar-refractivity contribution is 6.11. The Morgan fingerprint density at radius 3 is 2.24 bits per heavy atom. The van der Waals surface area contributed by atoms with Crippen LogP contribution in [0.25, 0.3) is 10.9 Å². The SMILES string of the molecule is CC1(C)C(C(=O)c2cn(CCn3cccc3)c3ccccc23)C1(C)C. The third-order valence-corrected chi connectivity index (χ3v) is 6.60. The van der Waals surface area contributed by atoms with E-state index in [9.17, 15) is 4.79 Å². The van der Waals surface area contributed by atoms with Crippen LogP contribution in [0.1, 0.15) is 38.1 Å². The van der Waals surface area contributed by atoms with Gasteiger partial charge in [-0.05, 0) is 29.0 Å². The van der Waals surface area contributed by atoms with E-state index in [2.05, 4.69) is 67.6 Å². The maximum Gasteiger partial charge on any atom is 0.169 e. The Hall–Kier alpha value is -2.29. The molecule has 2 heterocycles. The predicted molar refractivity (Wildman–Crippen MR) is 102 cm³/mol. The molecule has 25 heavy (non-hydrogen) atoms. The van der Waals surface area contributed by atoms with Gasteiger partial charge in [0.15, 0.2) is 5.78 Å². The Balaban J connectivity index is 1.69. The maximum absolute atomic E-state index is 13.3. The fraction of sp³-hybridized carbons (Fsp3) is 0.409. The average Bonchev–Trinajstić information content (AvgIpc) is 3.05. The van der Waals surface area contributed by atoms with Crippen molar-refractivity contribution in [3.63, 3.8) is 0 Å². The van der Waals surface area contributed by atoms with Crippen LogP contribution in [0.4, 0.5) is 0 Å². The molecule has 130 valence electrons. The van der Waals surface area contributed by atoms with E-state index in [1.54, 1.807) is 0 Å².